The van der Waals surface area contributed by atoms with Crippen molar-refractivity contribution in [3.8, 4) is 5.75 Å². The number of carbonyl (C=O) groups is 2. The first-order valence-electron chi connectivity index (χ1n) is 8.18. The maximum absolute atomic E-state index is 12.9. The van der Waals surface area contributed by atoms with E-state index in [0.29, 0.717) is 22.3 Å². The molecule has 0 aliphatic carbocycles. The van der Waals surface area contributed by atoms with E-state index < -0.39 is 5.25 Å². The third kappa shape index (κ3) is 4.65. The van der Waals surface area contributed by atoms with Crippen LogP contribution >= 0.6 is 11.8 Å². The SMILES string of the molecule is COc1cccc(N=C2S[C@H](CC(=O)Nc3ccc(F)cc3)C(=O)N2C)c1. The summed E-state index contributed by atoms with van der Waals surface area (Å²) in [6, 6.07) is 12.7. The Bertz CT molecular complexity index is 886. The molecule has 6 nitrogen and oxygen atoms in total. The van der Waals surface area contributed by atoms with Crippen LogP contribution in [0.1, 0.15) is 6.42 Å². The molecule has 3 rings (SSSR count). The molecule has 27 heavy (non-hydrogen) atoms. The fourth-order valence-electron chi connectivity index (χ4n) is 2.50. The zero-order valence-electron chi connectivity index (χ0n) is 14.8. The zero-order chi connectivity index (χ0) is 19.4. The van der Waals surface area contributed by atoms with E-state index in [1.54, 1.807) is 20.2 Å². The number of aliphatic imine (C=N–C) groups is 1. The number of rotatable bonds is 5. The second-order valence-electron chi connectivity index (χ2n) is 5.86. The van der Waals surface area contributed by atoms with Gasteiger partial charge in [0.2, 0.25) is 11.8 Å². The summed E-state index contributed by atoms with van der Waals surface area (Å²) in [6.07, 6.45) is 0.00233. The van der Waals surface area contributed by atoms with E-state index in [-0.39, 0.29) is 24.1 Å². The van der Waals surface area contributed by atoms with E-state index in [1.165, 1.54) is 40.9 Å². The highest BCUT2D eigenvalue weighted by molar-refractivity contribution is 8.15. The van der Waals surface area contributed by atoms with Gasteiger partial charge in [0.1, 0.15) is 16.8 Å². The molecule has 8 heteroatoms. The van der Waals surface area contributed by atoms with Gasteiger partial charge in [-0.25, -0.2) is 9.38 Å². The number of hydrogen-bond acceptors (Lipinski definition) is 5. The molecule has 0 aromatic heterocycles. The number of thioether (sulfide) groups is 1. The molecule has 1 atom stereocenters. The van der Waals surface area contributed by atoms with Gasteiger partial charge >= 0.3 is 0 Å². The highest BCUT2D eigenvalue weighted by Gasteiger charge is 2.37. The van der Waals surface area contributed by atoms with Gasteiger partial charge in [-0.1, -0.05) is 17.8 Å². The van der Waals surface area contributed by atoms with E-state index in [0.717, 1.165) is 0 Å². The molecule has 2 aromatic rings. The predicted molar refractivity (Wildman–Crippen MR) is 104 cm³/mol. The van der Waals surface area contributed by atoms with Gasteiger partial charge < -0.3 is 10.1 Å². The molecule has 1 aliphatic heterocycles. The molecule has 1 N–H and O–H groups in total. The third-order valence-electron chi connectivity index (χ3n) is 3.92. The van der Waals surface area contributed by atoms with Crippen molar-refractivity contribution in [2.24, 2.45) is 4.99 Å². The summed E-state index contributed by atoms with van der Waals surface area (Å²) in [5.74, 6) is -0.210. The molecule has 0 bridgehead atoms. The lowest BCUT2D eigenvalue weighted by molar-refractivity contribution is -0.127. The Morgan fingerprint density at radius 1 is 1.30 bits per heavy atom. The molecule has 1 aliphatic rings. The largest absolute Gasteiger partial charge is 0.497 e. The molecule has 1 fully saturated rings. The molecule has 2 aromatic carbocycles. The lowest BCUT2D eigenvalue weighted by Gasteiger charge is -2.09. The minimum absolute atomic E-state index is 0.00233. The highest BCUT2D eigenvalue weighted by atomic mass is 32.2. The molecular weight excluding hydrogens is 369 g/mol. The summed E-state index contributed by atoms with van der Waals surface area (Å²) in [6.45, 7) is 0. The Balaban J connectivity index is 1.67. The van der Waals surface area contributed by atoms with Gasteiger partial charge in [-0.2, -0.15) is 0 Å². The maximum atomic E-state index is 12.9. The van der Waals surface area contributed by atoms with E-state index in [2.05, 4.69) is 10.3 Å². The molecular formula is C19H18FN3O3S. The number of anilines is 1. The average molecular weight is 387 g/mol. The summed E-state index contributed by atoms with van der Waals surface area (Å²) in [5.41, 5.74) is 1.14. The summed E-state index contributed by atoms with van der Waals surface area (Å²) < 4.78 is 18.1. The standard InChI is InChI=1S/C19H18FN3O3S/c1-23-18(25)16(11-17(24)21-13-8-6-12(20)7-9-13)27-19(23)22-14-4-3-5-15(10-14)26-2/h3-10,16H,11H2,1-2H3,(H,21,24)/t16-/m1/s1. The van der Waals surface area contributed by atoms with Crippen LogP contribution in [0.2, 0.25) is 0 Å². The van der Waals surface area contributed by atoms with Crippen molar-refractivity contribution in [1.29, 1.82) is 0 Å². The minimum atomic E-state index is -0.556. The first kappa shape index (κ1) is 18.9. The Labute approximate surface area is 160 Å². The minimum Gasteiger partial charge on any atom is -0.497 e. The van der Waals surface area contributed by atoms with Crippen molar-refractivity contribution in [2.45, 2.75) is 11.7 Å². The number of nitrogens with one attached hydrogen (secondary N) is 1. The predicted octanol–water partition coefficient (Wildman–Crippen LogP) is 3.42. The lowest BCUT2D eigenvalue weighted by atomic mass is 10.2. The van der Waals surface area contributed by atoms with Crippen molar-refractivity contribution in [3.05, 3.63) is 54.3 Å². The first-order valence-corrected chi connectivity index (χ1v) is 9.06. The van der Waals surface area contributed by atoms with Crippen LogP contribution in [0.5, 0.6) is 5.75 Å². The molecule has 140 valence electrons. The molecule has 0 saturated carbocycles. The molecule has 0 unspecified atom stereocenters. The van der Waals surface area contributed by atoms with Gasteiger partial charge in [-0.15, -0.1) is 0 Å². The second kappa shape index (κ2) is 8.22. The Morgan fingerprint density at radius 3 is 2.74 bits per heavy atom. The lowest BCUT2D eigenvalue weighted by Crippen LogP contribution is -2.30. The van der Waals surface area contributed by atoms with E-state index in [1.807, 2.05) is 18.2 Å². The van der Waals surface area contributed by atoms with E-state index >= 15 is 0 Å². The first-order chi connectivity index (χ1) is 13.0. The van der Waals surface area contributed by atoms with Crippen molar-refractivity contribution in [2.75, 3.05) is 19.5 Å². The molecule has 2 amide bonds. The van der Waals surface area contributed by atoms with Crippen LogP contribution < -0.4 is 10.1 Å². The summed E-state index contributed by atoms with van der Waals surface area (Å²) in [7, 11) is 3.20. The zero-order valence-corrected chi connectivity index (χ0v) is 15.6. The molecule has 0 spiro atoms. The van der Waals surface area contributed by atoms with Crippen LogP contribution in [0.4, 0.5) is 15.8 Å². The number of amidine groups is 1. The van der Waals surface area contributed by atoms with Crippen molar-refractivity contribution >= 4 is 40.1 Å². The fourth-order valence-corrected chi connectivity index (χ4v) is 3.66. The van der Waals surface area contributed by atoms with Gasteiger partial charge in [0.25, 0.3) is 0 Å². The third-order valence-corrected chi connectivity index (χ3v) is 5.15. The van der Waals surface area contributed by atoms with Crippen LogP contribution in [0.15, 0.2) is 53.5 Å². The van der Waals surface area contributed by atoms with E-state index in [4.69, 9.17) is 4.74 Å². The van der Waals surface area contributed by atoms with Gasteiger partial charge in [-0.05, 0) is 36.4 Å². The van der Waals surface area contributed by atoms with Crippen LogP contribution in [-0.4, -0.2) is 41.3 Å². The number of benzene rings is 2. The second-order valence-corrected chi connectivity index (χ2v) is 7.03. The van der Waals surface area contributed by atoms with Gasteiger partial charge in [0.15, 0.2) is 5.17 Å². The van der Waals surface area contributed by atoms with Gasteiger partial charge in [0, 0.05) is 25.2 Å². The summed E-state index contributed by atoms with van der Waals surface area (Å²) in [5, 5.41) is 2.63. The number of halogens is 1. The normalized spacial score (nSPS) is 18.0. The monoisotopic (exact) mass is 387 g/mol. The van der Waals surface area contributed by atoms with Crippen LogP contribution in [-0.2, 0) is 9.59 Å². The Kier molecular flexibility index (Phi) is 5.75. The number of ether oxygens (including phenoxy) is 1. The number of amides is 2. The molecule has 1 saturated heterocycles. The maximum Gasteiger partial charge on any atom is 0.242 e. The molecule has 0 radical (unpaired) electrons. The van der Waals surface area contributed by atoms with E-state index in [9.17, 15) is 14.0 Å². The van der Waals surface area contributed by atoms with Crippen molar-refractivity contribution < 1.29 is 18.7 Å². The fraction of sp³-hybridized carbons (Fsp3) is 0.211. The van der Waals surface area contributed by atoms with Crippen LogP contribution in [0.3, 0.4) is 0 Å². The Hall–Kier alpha value is -2.87. The van der Waals surface area contributed by atoms with Crippen molar-refractivity contribution in [1.82, 2.24) is 4.90 Å². The number of methoxy groups -OCH3 is 1. The molecule has 1 heterocycles. The summed E-state index contributed by atoms with van der Waals surface area (Å²) >= 11 is 1.24. The van der Waals surface area contributed by atoms with Gasteiger partial charge in [0.05, 0.1) is 12.8 Å². The average Bonchev–Trinajstić information content (AvgIpc) is 2.91. The van der Waals surface area contributed by atoms with Crippen LogP contribution in [0.25, 0.3) is 0 Å². The quantitative estimate of drug-likeness (QED) is 0.853. The number of hydrogen-bond donors (Lipinski definition) is 1. The smallest absolute Gasteiger partial charge is 0.242 e. The topological polar surface area (TPSA) is 71.0 Å². The number of nitrogens with zero attached hydrogens (tertiary/aromatic N) is 2. The van der Waals surface area contributed by atoms with Gasteiger partial charge in [-0.3, -0.25) is 14.5 Å². The highest BCUT2D eigenvalue weighted by Crippen LogP contribution is 2.31. The Morgan fingerprint density at radius 2 is 2.04 bits per heavy atom. The van der Waals surface area contributed by atoms with Crippen molar-refractivity contribution in [3.63, 3.8) is 0 Å². The van der Waals surface area contributed by atoms with Crippen LogP contribution in [0, 0.1) is 5.82 Å². The number of carbonyl (C=O) groups excluding carboxylic acids is 2. The summed E-state index contributed by atoms with van der Waals surface area (Å²) in [4.78, 5) is 30.6.